The second-order valence-corrected chi connectivity index (χ2v) is 3.06. The Balaban J connectivity index is 2.95. The number of aromatic amines is 1. The SMILES string of the molecule is [O-][n+]1[nH]c(I)c2cncnc21. The topological polar surface area (TPSA) is 68.5 Å². The van der Waals surface area contributed by atoms with Crippen molar-refractivity contribution in [3.8, 4) is 0 Å². The van der Waals surface area contributed by atoms with Crippen LogP contribution in [0.3, 0.4) is 0 Å². The summed E-state index contributed by atoms with van der Waals surface area (Å²) in [5, 5.41) is 14.3. The molecule has 11 heavy (non-hydrogen) atoms. The van der Waals surface area contributed by atoms with Gasteiger partial charge in [-0.25, -0.2) is 10.1 Å². The van der Waals surface area contributed by atoms with Gasteiger partial charge in [0.15, 0.2) is 0 Å². The van der Waals surface area contributed by atoms with Crippen molar-refractivity contribution < 1.29 is 4.85 Å². The predicted molar refractivity (Wildman–Crippen MR) is 45.6 cm³/mol. The minimum atomic E-state index is 0.379. The van der Waals surface area contributed by atoms with Gasteiger partial charge in [0.05, 0.1) is 0 Å². The number of rotatable bonds is 0. The fraction of sp³-hybridized carbons (Fsp3) is 0. The van der Waals surface area contributed by atoms with Crippen molar-refractivity contribution in [2.75, 3.05) is 0 Å². The van der Waals surface area contributed by atoms with Gasteiger partial charge in [0.2, 0.25) is 6.33 Å². The number of H-pyrrole nitrogens is 1. The van der Waals surface area contributed by atoms with Crippen LogP contribution in [0.15, 0.2) is 12.5 Å². The van der Waals surface area contributed by atoms with Crippen molar-refractivity contribution in [3.05, 3.63) is 21.4 Å². The van der Waals surface area contributed by atoms with E-state index in [4.69, 9.17) is 0 Å². The molecule has 56 valence electrons. The van der Waals surface area contributed by atoms with Crippen LogP contribution in [0.25, 0.3) is 11.0 Å². The number of hydrogen-bond acceptors (Lipinski definition) is 3. The van der Waals surface area contributed by atoms with Crippen LogP contribution in [0.5, 0.6) is 0 Å². The van der Waals surface area contributed by atoms with Crippen molar-refractivity contribution in [3.63, 3.8) is 0 Å². The summed E-state index contributed by atoms with van der Waals surface area (Å²) in [5.74, 6) is 0. The van der Waals surface area contributed by atoms with Gasteiger partial charge in [0, 0.05) is 6.20 Å². The van der Waals surface area contributed by atoms with E-state index in [2.05, 4.69) is 15.1 Å². The third-order valence-corrected chi connectivity index (χ3v) is 2.14. The Labute approximate surface area is 75.2 Å². The molecule has 0 unspecified atom stereocenters. The zero-order chi connectivity index (χ0) is 7.84. The molecule has 2 aromatic heterocycles. The maximum atomic E-state index is 11.0. The van der Waals surface area contributed by atoms with Crippen LogP contribution in [-0.4, -0.2) is 15.1 Å². The molecule has 0 radical (unpaired) electrons. The Morgan fingerprint density at radius 3 is 3.18 bits per heavy atom. The molecule has 0 bridgehead atoms. The van der Waals surface area contributed by atoms with Crippen LogP contribution >= 0.6 is 22.6 Å². The van der Waals surface area contributed by atoms with Gasteiger partial charge in [-0.15, -0.1) is 0 Å². The number of hydrogen-bond donors (Lipinski definition) is 1. The summed E-state index contributed by atoms with van der Waals surface area (Å²) >= 11 is 2.02. The first kappa shape index (κ1) is 6.77. The zero-order valence-electron chi connectivity index (χ0n) is 5.28. The maximum absolute atomic E-state index is 11.0. The molecule has 6 heteroatoms. The zero-order valence-corrected chi connectivity index (χ0v) is 7.44. The minimum absolute atomic E-state index is 0.379. The average molecular weight is 262 g/mol. The summed E-state index contributed by atoms with van der Waals surface area (Å²) in [6.07, 6.45) is 2.95. The van der Waals surface area contributed by atoms with Crippen molar-refractivity contribution in [2.45, 2.75) is 0 Å². The molecule has 0 spiro atoms. The number of aromatic nitrogens is 4. The quantitative estimate of drug-likeness (QED) is 0.419. The average Bonchev–Trinajstić information content (AvgIpc) is 2.30. The Morgan fingerprint density at radius 2 is 2.45 bits per heavy atom. The van der Waals surface area contributed by atoms with Gasteiger partial charge < -0.3 is 5.21 Å². The first-order valence-corrected chi connectivity index (χ1v) is 3.93. The van der Waals surface area contributed by atoms with E-state index in [0.29, 0.717) is 10.5 Å². The number of nitrogens with one attached hydrogen (secondary N) is 1. The van der Waals surface area contributed by atoms with Crippen molar-refractivity contribution in [2.24, 2.45) is 0 Å². The van der Waals surface area contributed by atoms with Crippen molar-refractivity contribution >= 4 is 33.6 Å². The highest BCUT2D eigenvalue weighted by atomic mass is 127. The molecule has 2 aromatic rings. The van der Waals surface area contributed by atoms with Crippen LogP contribution in [0, 0.1) is 8.91 Å². The monoisotopic (exact) mass is 262 g/mol. The molecule has 0 saturated carbocycles. The summed E-state index contributed by atoms with van der Waals surface area (Å²) in [6.45, 7) is 0. The van der Waals surface area contributed by atoms with E-state index < -0.39 is 0 Å². The van der Waals surface area contributed by atoms with E-state index in [1.165, 1.54) is 6.33 Å². The number of halogens is 1. The molecule has 0 aliphatic carbocycles. The summed E-state index contributed by atoms with van der Waals surface area (Å²) in [6, 6.07) is 0. The van der Waals surface area contributed by atoms with E-state index in [1.807, 2.05) is 22.6 Å². The van der Waals surface area contributed by atoms with Crippen LogP contribution in [0.4, 0.5) is 0 Å². The van der Waals surface area contributed by atoms with Gasteiger partial charge in [0.25, 0.3) is 0 Å². The molecule has 0 aromatic carbocycles. The van der Waals surface area contributed by atoms with Crippen molar-refractivity contribution in [1.82, 2.24) is 15.1 Å². The summed E-state index contributed by atoms with van der Waals surface area (Å²) in [5.41, 5.74) is 0.379. The smallest absolute Gasteiger partial charge is 0.358 e. The summed E-state index contributed by atoms with van der Waals surface area (Å²) in [7, 11) is 0. The third kappa shape index (κ3) is 0.934. The van der Waals surface area contributed by atoms with Gasteiger partial charge in [-0.3, -0.25) is 0 Å². The Kier molecular flexibility index (Phi) is 1.41. The second kappa shape index (κ2) is 2.29. The van der Waals surface area contributed by atoms with Crippen LogP contribution in [-0.2, 0) is 0 Å². The molecule has 0 aliphatic rings. The van der Waals surface area contributed by atoms with Crippen LogP contribution < -0.4 is 4.85 Å². The standard InChI is InChI=1S/C5H3IN4O/c6-4-3-1-7-2-8-5(3)10(11)9-4/h1-2,9H. The largest absolute Gasteiger partial charge is 0.692 e. The molecule has 2 rings (SSSR count). The van der Waals surface area contributed by atoms with E-state index >= 15 is 0 Å². The molecule has 1 N–H and O–H groups in total. The lowest BCUT2D eigenvalue weighted by molar-refractivity contribution is -0.642. The van der Waals surface area contributed by atoms with Gasteiger partial charge >= 0.3 is 5.65 Å². The van der Waals surface area contributed by atoms with E-state index in [9.17, 15) is 5.21 Å². The number of fused-ring (bicyclic) bond motifs is 1. The Morgan fingerprint density at radius 1 is 1.64 bits per heavy atom. The van der Waals surface area contributed by atoms with E-state index in [-0.39, 0.29) is 0 Å². The summed E-state index contributed by atoms with van der Waals surface area (Å²) in [4.78, 5) is 8.23. The first-order valence-electron chi connectivity index (χ1n) is 2.86. The molecule has 0 amide bonds. The second-order valence-electron chi connectivity index (χ2n) is 1.98. The first-order chi connectivity index (χ1) is 5.29. The molecule has 5 nitrogen and oxygen atoms in total. The highest BCUT2D eigenvalue weighted by Crippen LogP contribution is 2.11. The highest BCUT2D eigenvalue weighted by molar-refractivity contribution is 14.1. The van der Waals surface area contributed by atoms with Gasteiger partial charge in [-0.2, -0.15) is 4.85 Å². The van der Waals surface area contributed by atoms with Crippen molar-refractivity contribution in [1.29, 1.82) is 0 Å². The maximum Gasteiger partial charge on any atom is 0.358 e. The fourth-order valence-corrected chi connectivity index (χ4v) is 1.44. The van der Waals surface area contributed by atoms with E-state index in [1.54, 1.807) is 6.20 Å². The van der Waals surface area contributed by atoms with Crippen LogP contribution in [0.1, 0.15) is 0 Å². The van der Waals surface area contributed by atoms with Gasteiger partial charge in [-0.1, -0.05) is 0 Å². The van der Waals surface area contributed by atoms with E-state index in [0.717, 1.165) is 9.09 Å². The highest BCUT2D eigenvalue weighted by Gasteiger charge is 2.10. The lowest BCUT2D eigenvalue weighted by Gasteiger charge is -1.90. The summed E-state index contributed by atoms with van der Waals surface area (Å²) < 4.78 is 0.758. The minimum Gasteiger partial charge on any atom is -0.692 e. The Hall–Kier alpha value is -0.920. The molecule has 0 fully saturated rings. The predicted octanol–water partition coefficient (Wildman–Crippen LogP) is 0.196. The molecule has 0 atom stereocenters. The molecule has 0 saturated heterocycles. The van der Waals surface area contributed by atoms with Gasteiger partial charge in [-0.05, 0) is 27.6 Å². The third-order valence-electron chi connectivity index (χ3n) is 1.32. The normalized spacial score (nSPS) is 10.6. The lowest BCUT2D eigenvalue weighted by Crippen LogP contribution is -2.28. The molecule has 0 aliphatic heterocycles. The van der Waals surface area contributed by atoms with Crippen LogP contribution in [0.2, 0.25) is 0 Å². The Bertz CT molecular complexity index is 362. The lowest BCUT2D eigenvalue weighted by atomic mass is 10.5. The molecular formula is C5H3IN4O. The fourth-order valence-electron chi connectivity index (χ4n) is 0.842. The molecular weight excluding hydrogens is 259 g/mol. The number of nitrogens with zero attached hydrogens (tertiary/aromatic N) is 3. The molecule has 2 heterocycles. The van der Waals surface area contributed by atoms with Gasteiger partial charge in [0.1, 0.15) is 9.09 Å².